The van der Waals surface area contributed by atoms with Gasteiger partial charge in [-0.2, -0.15) is 5.10 Å². The molecule has 90 valence electrons. The summed E-state index contributed by atoms with van der Waals surface area (Å²) in [6.07, 6.45) is 3.93. The summed E-state index contributed by atoms with van der Waals surface area (Å²) in [5.74, 6) is 0. The largest absolute Gasteiger partial charge is 0.392 e. The SMILES string of the molecule is OCc1ccc2c(cnn2C2CCOCC2)c1. The highest BCUT2D eigenvalue weighted by atomic mass is 16.5. The maximum Gasteiger partial charge on any atom is 0.0685 e. The van der Waals surface area contributed by atoms with E-state index in [1.165, 1.54) is 0 Å². The van der Waals surface area contributed by atoms with E-state index >= 15 is 0 Å². The fraction of sp³-hybridized carbons (Fsp3) is 0.462. The molecule has 0 bridgehead atoms. The van der Waals surface area contributed by atoms with E-state index in [0.717, 1.165) is 42.5 Å². The minimum Gasteiger partial charge on any atom is -0.392 e. The molecule has 0 aliphatic carbocycles. The van der Waals surface area contributed by atoms with E-state index in [0.29, 0.717) is 6.04 Å². The topological polar surface area (TPSA) is 47.3 Å². The third-order valence-corrected chi connectivity index (χ3v) is 3.38. The summed E-state index contributed by atoms with van der Waals surface area (Å²) in [6.45, 7) is 1.72. The highest BCUT2D eigenvalue weighted by Crippen LogP contribution is 2.25. The first-order valence-corrected chi connectivity index (χ1v) is 6.03. The van der Waals surface area contributed by atoms with Crippen LogP contribution >= 0.6 is 0 Å². The van der Waals surface area contributed by atoms with Crippen LogP contribution in [0.3, 0.4) is 0 Å². The van der Waals surface area contributed by atoms with Gasteiger partial charge < -0.3 is 9.84 Å². The molecular formula is C13H16N2O2. The van der Waals surface area contributed by atoms with Gasteiger partial charge in [-0.1, -0.05) is 6.07 Å². The molecule has 0 amide bonds. The first-order chi connectivity index (χ1) is 8.38. The summed E-state index contributed by atoms with van der Waals surface area (Å²) >= 11 is 0. The maximum atomic E-state index is 9.11. The highest BCUT2D eigenvalue weighted by Gasteiger charge is 2.18. The van der Waals surface area contributed by atoms with Gasteiger partial charge in [0.2, 0.25) is 0 Å². The van der Waals surface area contributed by atoms with E-state index in [4.69, 9.17) is 9.84 Å². The van der Waals surface area contributed by atoms with Gasteiger partial charge in [-0.05, 0) is 30.5 Å². The van der Waals surface area contributed by atoms with Crippen molar-refractivity contribution >= 4 is 10.9 Å². The quantitative estimate of drug-likeness (QED) is 0.860. The molecule has 2 aromatic rings. The number of nitrogens with zero attached hydrogens (tertiary/aromatic N) is 2. The second-order valence-electron chi connectivity index (χ2n) is 4.48. The van der Waals surface area contributed by atoms with Gasteiger partial charge in [0, 0.05) is 18.6 Å². The molecule has 1 fully saturated rings. The van der Waals surface area contributed by atoms with Crippen molar-refractivity contribution in [3.8, 4) is 0 Å². The van der Waals surface area contributed by atoms with Gasteiger partial charge >= 0.3 is 0 Å². The molecule has 1 aromatic carbocycles. The van der Waals surface area contributed by atoms with Crippen LogP contribution in [0.4, 0.5) is 0 Å². The maximum absolute atomic E-state index is 9.11. The number of hydrogen-bond acceptors (Lipinski definition) is 3. The Morgan fingerprint density at radius 1 is 1.35 bits per heavy atom. The molecule has 1 saturated heterocycles. The molecule has 0 saturated carbocycles. The normalized spacial score (nSPS) is 17.7. The molecule has 2 heterocycles. The predicted molar refractivity (Wildman–Crippen MR) is 64.7 cm³/mol. The average Bonchev–Trinajstić information content (AvgIpc) is 2.82. The Balaban J connectivity index is 1.99. The van der Waals surface area contributed by atoms with Crippen molar-refractivity contribution in [1.29, 1.82) is 0 Å². The number of rotatable bonds is 2. The summed E-state index contributed by atoms with van der Waals surface area (Å²) in [7, 11) is 0. The number of fused-ring (bicyclic) bond motifs is 1. The van der Waals surface area contributed by atoms with Crippen molar-refractivity contribution in [1.82, 2.24) is 9.78 Å². The summed E-state index contributed by atoms with van der Waals surface area (Å²) in [4.78, 5) is 0. The second-order valence-corrected chi connectivity index (χ2v) is 4.48. The first kappa shape index (κ1) is 10.7. The van der Waals surface area contributed by atoms with Gasteiger partial charge in [0.1, 0.15) is 0 Å². The highest BCUT2D eigenvalue weighted by molar-refractivity contribution is 5.79. The number of hydrogen-bond donors (Lipinski definition) is 1. The molecule has 3 rings (SSSR count). The molecular weight excluding hydrogens is 216 g/mol. The minimum absolute atomic E-state index is 0.0817. The summed E-state index contributed by atoms with van der Waals surface area (Å²) in [5.41, 5.74) is 2.08. The summed E-state index contributed by atoms with van der Waals surface area (Å²) < 4.78 is 7.47. The molecule has 0 spiro atoms. The van der Waals surface area contributed by atoms with E-state index in [1.807, 2.05) is 24.4 Å². The molecule has 1 aromatic heterocycles. The van der Waals surface area contributed by atoms with Crippen LogP contribution in [0.2, 0.25) is 0 Å². The standard InChI is InChI=1S/C13H16N2O2/c16-9-10-1-2-13-11(7-10)8-14-15(13)12-3-5-17-6-4-12/h1-2,7-8,12,16H,3-6,9H2. The van der Waals surface area contributed by atoms with Gasteiger partial charge in [0.05, 0.1) is 24.4 Å². The number of benzene rings is 1. The zero-order valence-electron chi connectivity index (χ0n) is 9.67. The molecule has 17 heavy (non-hydrogen) atoms. The molecule has 1 aliphatic rings. The van der Waals surface area contributed by atoms with E-state index < -0.39 is 0 Å². The Morgan fingerprint density at radius 3 is 2.94 bits per heavy atom. The van der Waals surface area contributed by atoms with Crippen molar-refractivity contribution in [2.75, 3.05) is 13.2 Å². The molecule has 0 radical (unpaired) electrons. The molecule has 4 heteroatoms. The van der Waals surface area contributed by atoms with Gasteiger partial charge in [-0.3, -0.25) is 4.68 Å². The van der Waals surface area contributed by atoms with Crippen molar-refractivity contribution in [2.45, 2.75) is 25.5 Å². The van der Waals surface area contributed by atoms with Crippen LogP contribution in [-0.4, -0.2) is 28.1 Å². The molecule has 1 aliphatic heterocycles. The lowest BCUT2D eigenvalue weighted by molar-refractivity contribution is 0.0675. The van der Waals surface area contributed by atoms with Gasteiger partial charge in [0.25, 0.3) is 0 Å². The average molecular weight is 232 g/mol. The van der Waals surface area contributed by atoms with Crippen LogP contribution in [0.15, 0.2) is 24.4 Å². The Bertz CT molecular complexity index is 515. The lowest BCUT2D eigenvalue weighted by Crippen LogP contribution is -2.20. The van der Waals surface area contributed by atoms with E-state index in [1.54, 1.807) is 0 Å². The number of ether oxygens (including phenoxy) is 1. The zero-order valence-corrected chi connectivity index (χ0v) is 9.67. The molecule has 1 N–H and O–H groups in total. The van der Waals surface area contributed by atoms with Crippen LogP contribution < -0.4 is 0 Å². The van der Waals surface area contributed by atoms with Crippen molar-refractivity contribution in [3.05, 3.63) is 30.0 Å². The van der Waals surface area contributed by atoms with E-state index in [2.05, 4.69) is 9.78 Å². The van der Waals surface area contributed by atoms with E-state index in [9.17, 15) is 0 Å². The van der Waals surface area contributed by atoms with Gasteiger partial charge in [-0.25, -0.2) is 0 Å². The molecule has 0 atom stereocenters. The van der Waals surface area contributed by atoms with Gasteiger partial charge in [0.15, 0.2) is 0 Å². The Hall–Kier alpha value is -1.39. The van der Waals surface area contributed by atoms with Crippen LogP contribution in [-0.2, 0) is 11.3 Å². The Kier molecular flexibility index (Phi) is 2.82. The third kappa shape index (κ3) is 1.94. The number of aromatic nitrogens is 2. The monoisotopic (exact) mass is 232 g/mol. The molecule has 0 unspecified atom stereocenters. The Labute approximate surface area is 99.8 Å². The lowest BCUT2D eigenvalue weighted by atomic mass is 10.1. The summed E-state index contributed by atoms with van der Waals surface area (Å²) in [5, 5.41) is 14.7. The van der Waals surface area contributed by atoms with Crippen LogP contribution in [0.25, 0.3) is 10.9 Å². The van der Waals surface area contributed by atoms with Gasteiger partial charge in [-0.15, -0.1) is 0 Å². The number of aliphatic hydroxyl groups is 1. The van der Waals surface area contributed by atoms with Crippen molar-refractivity contribution < 1.29 is 9.84 Å². The van der Waals surface area contributed by atoms with Crippen LogP contribution in [0.1, 0.15) is 24.4 Å². The predicted octanol–water partition coefficient (Wildman–Crippen LogP) is 1.88. The zero-order chi connectivity index (χ0) is 11.7. The fourth-order valence-electron chi connectivity index (χ4n) is 2.42. The summed E-state index contributed by atoms with van der Waals surface area (Å²) in [6, 6.07) is 6.45. The fourth-order valence-corrected chi connectivity index (χ4v) is 2.42. The third-order valence-electron chi connectivity index (χ3n) is 3.38. The van der Waals surface area contributed by atoms with E-state index in [-0.39, 0.29) is 6.61 Å². The lowest BCUT2D eigenvalue weighted by Gasteiger charge is -2.23. The van der Waals surface area contributed by atoms with Crippen molar-refractivity contribution in [2.24, 2.45) is 0 Å². The van der Waals surface area contributed by atoms with Crippen LogP contribution in [0, 0.1) is 0 Å². The smallest absolute Gasteiger partial charge is 0.0685 e. The number of aliphatic hydroxyl groups excluding tert-OH is 1. The minimum atomic E-state index is 0.0817. The van der Waals surface area contributed by atoms with Crippen LogP contribution in [0.5, 0.6) is 0 Å². The second kappa shape index (κ2) is 4.47. The van der Waals surface area contributed by atoms with Crippen molar-refractivity contribution in [3.63, 3.8) is 0 Å². The Morgan fingerprint density at radius 2 is 2.18 bits per heavy atom. The first-order valence-electron chi connectivity index (χ1n) is 6.03. The molecule has 4 nitrogen and oxygen atoms in total.